The fourth-order valence-corrected chi connectivity index (χ4v) is 6.05. The van der Waals surface area contributed by atoms with Gasteiger partial charge in [-0.05, 0) is 52.7 Å². The van der Waals surface area contributed by atoms with E-state index in [0.29, 0.717) is 0 Å². The molecule has 0 aromatic heterocycles. The van der Waals surface area contributed by atoms with Crippen molar-refractivity contribution in [3.05, 3.63) is 57.4 Å². The SMILES string of the molecule is C[Si](C)(C)/C=C1/C2=C(CCCc3cccc(/C=C/[Si](C)(C)C)c32)[C@H](O)[C@@H]1O. The van der Waals surface area contributed by atoms with Crippen molar-refractivity contribution in [1.29, 1.82) is 0 Å². The molecule has 0 fully saturated rings. The fourth-order valence-electron chi connectivity index (χ4n) is 4.12. The van der Waals surface area contributed by atoms with Crippen molar-refractivity contribution in [2.75, 3.05) is 0 Å². The van der Waals surface area contributed by atoms with Gasteiger partial charge in [0.05, 0.1) is 16.1 Å². The van der Waals surface area contributed by atoms with Crippen LogP contribution in [0.2, 0.25) is 39.3 Å². The van der Waals surface area contributed by atoms with Crippen LogP contribution >= 0.6 is 0 Å². The monoisotopic (exact) mass is 398 g/mol. The van der Waals surface area contributed by atoms with Crippen LogP contribution in [0.4, 0.5) is 0 Å². The molecule has 2 nitrogen and oxygen atoms in total. The molecule has 0 saturated heterocycles. The third-order valence-electron chi connectivity index (χ3n) is 5.26. The summed E-state index contributed by atoms with van der Waals surface area (Å²) in [6.07, 6.45) is 3.65. The molecule has 146 valence electrons. The van der Waals surface area contributed by atoms with Gasteiger partial charge in [0, 0.05) is 0 Å². The molecule has 0 amide bonds. The predicted octanol–water partition coefficient (Wildman–Crippen LogP) is 5.21. The molecule has 0 unspecified atom stereocenters. The molecule has 1 aromatic rings. The quantitative estimate of drug-likeness (QED) is 0.687. The molecular weight excluding hydrogens is 364 g/mol. The van der Waals surface area contributed by atoms with E-state index in [0.717, 1.165) is 36.0 Å². The van der Waals surface area contributed by atoms with Crippen molar-refractivity contribution >= 4 is 27.8 Å². The lowest BCUT2D eigenvalue weighted by Gasteiger charge is -2.20. The highest BCUT2D eigenvalue weighted by atomic mass is 28.3. The summed E-state index contributed by atoms with van der Waals surface area (Å²) in [6.45, 7) is 13.9. The van der Waals surface area contributed by atoms with Crippen LogP contribution in [0, 0.1) is 0 Å². The molecule has 0 spiro atoms. The summed E-state index contributed by atoms with van der Waals surface area (Å²) in [6, 6.07) is 6.56. The highest BCUT2D eigenvalue weighted by Crippen LogP contribution is 2.46. The highest BCUT2D eigenvalue weighted by molar-refractivity contribution is 6.81. The third-order valence-corrected chi connectivity index (χ3v) is 7.60. The summed E-state index contributed by atoms with van der Waals surface area (Å²) in [7, 11) is -2.87. The minimum absolute atomic E-state index is 0.762. The van der Waals surface area contributed by atoms with Crippen molar-refractivity contribution in [3.8, 4) is 0 Å². The van der Waals surface area contributed by atoms with E-state index in [9.17, 15) is 10.2 Å². The molecule has 0 aliphatic heterocycles. The lowest BCUT2D eigenvalue weighted by atomic mass is 9.90. The highest BCUT2D eigenvalue weighted by Gasteiger charge is 2.39. The van der Waals surface area contributed by atoms with Gasteiger partial charge < -0.3 is 10.2 Å². The van der Waals surface area contributed by atoms with E-state index in [1.807, 2.05) is 0 Å². The third kappa shape index (κ3) is 4.45. The van der Waals surface area contributed by atoms with Gasteiger partial charge in [0.2, 0.25) is 0 Å². The van der Waals surface area contributed by atoms with Crippen molar-refractivity contribution in [3.63, 3.8) is 0 Å². The zero-order valence-corrected chi connectivity index (χ0v) is 19.6. The van der Waals surface area contributed by atoms with Gasteiger partial charge in [0.1, 0.15) is 12.2 Å². The number of rotatable bonds is 3. The molecule has 2 aliphatic carbocycles. The van der Waals surface area contributed by atoms with Crippen LogP contribution in [0.1, 0.15) is 29.5 Å². The summed E-state index contributed by atoms with van der Waals surface area (Å²) < 4.78 is 0. The number of aliphatic hydroxyl groups is 2. The smallest absolute Gasteiger partial charge is 0.109 e. The summed E-state index contributed by atoms with van der Waals surface area (Å²) in [5, 5.41) is 21.7. The second-order valence-electron chi connectivity index (χ2n) is 10.2. The van der Waals surface area contributed by atoms with Crippen molar-refractivity contribution < 1.29 is 10.2 Å². The first-order valence-corrected chi connectivity index (χ1v) is 17.3. The van der Waals surface area contributed by atoms with E-state index in [4.69, 9.17) is 0 Å². The normalized spacial score (nSPS) is 25.1. The number of aliphatic hydroxyl groups excluding tert-OH is 2. The van der Waals surface area contributed by atoms with Crippen molar-refractivity contribution in [1.82, 2.24) is 0 Å². The Morgan fingerprint density at radius 1 is 0.926 bits per heavy atom. The second kappa shape index (κ2) is 7.32. The Balaban J connectivity index is 2.26. The van der Waals surface area contributed by atoms with Gasteiger partial charge in [-0.2, -0.15) is 0 Å². The lowest BCUT2D eigenvalue weighted by molar-refractivity contribution is 0.0741. The van der Waals surface area contributed by atoms with E-state index in [2.05, 4.69) is 75.0 Å². The zero-order chi connectivity index (χ0) is 20.0. The molecule has 0 saturated carbocycles. The Bertz CT molecular complexity index is 820. The largest absolute Gasteiger partial charge is 0.386 e. The minimum atomic E-state index is -1.55. The molecule has 2 atom stereocenters. The molecular formula is C23H34O2Si2. The predicted molar refractivity (Wildman–Crippen MR) is 122 cm³/mol. The van der Waals surface area contributed by atoms with Crippen LogP contribution in [0.5, 0.6) is 0 Å². The first kappa shape index (κ1) is 20.5. The second-order valence-corrected chi connectivity index (χ2v) is 20.3. The van der Waals surface area contributed by atoms with Gasteiger partial charge in [-0.1, -0.05) is 75.0 Å². The standard InChI is InChI=1S/C23H34O2Si2/c1-26(2,3)14-13-17-10-7-9-16-11-8-12-18-21(20(16)17)19(15-27(4,5)6)23(25)22(18)24/h7,9-10,13-15,22-25H,8,11-12H2,1-6H3/b14-13+,19-15-/t22-,23+/m0/s1. The van der Waals surface area contributed by atoms with E-state index >= 15 is 0 Å². The van der Waals surface area contributed by atoms with Crippen LogP contribution < -0.4 is 0 Å². The molecule has 3 rings (SSSR count). The topological polar surface area (TPSA) is 40.5 Å². The van der Waals surface area contributed by atoms with E-state index in [1.165, 1.54) is 16.7 Å². The van der Waals surface area contributed by atoms with E-state index in [-0.39, 0.29) is 0 Å². The maximum Gasteiger partial charge on any atom is 0.109 e. The summed E-state index contributed by atoms with van der Waals surface area (Å²) >= 11 is 0. The summed E-state index contributed by atoms with van der Waals surface area (Å²) in [4.78, 5) is 0. The number of benzene rings is 1. The summed E-state index contributed by atoms with van der Waals surface area (Å²) in [5.74, 6) is 0. The maximum atomic E-state index is 10.9. The Hall–Kier alpha value is -1.21. The fraction of sp³-hybridized carbons (Fsp3) is 0.478. The van der Waals surface area contributed by atoms with Gasteiger partial charge in [-0.25, -0.2) is 0 Å². The maximum absolute atomic E-state index is 10.9. The molecule has 4 heteroatoms. The minimum Gasteiger partial charge on any atom is -0.386 e. The molecule has 0 radical (unpaired) electrons. The molecule has 1 aromatic carbocycles. The van der Waals surface area contributed by atoms with Gasteiger partial charge >= 0.3 is 0 Å². The van der Waals surface area contributed by atoms with Gasteiger partial charge in [-0.3, -0.25) is 0 Å². The van der Waals surface area contributed by atoms with Crippen LogP contribution in [-0.2, 0) is 6.42 Å². The molecule has 2 aliphatic rings. The van der Waals surface area contributed by atoms with Gasteiger partial charge in [-0.15, -0.1) is 0 Å². The first-order valence-electron chi connectivity index (χ1n) is 10.1. The Labute approximate surface area is 166 Å². The first-order chi connectivity index (χ1) is 12.5. The van der Waals surface area contributed by atoms with E-state index < -0.39 is 28.4 Å². The van der Waals surface area contributed by atoms with E-state index in [1.54, 1.807) is 0 Å². The molecule has 0 heterocycles. The number of hydrogen-bond acceptors (Lipinski definition) is 2. The van der Waals surface area contributed by atoms with Crippen molar-refractivity contribution in [2.45, 2.75) is 70.8 Å². The Morgan fingerprint density at radius 2 is 1.63 bits per heavy atom. The van der Waals surface area contributed by atoms with Crippen LogP contribution in [0.25, 0.3) is 11.6 Å². The zero-order valence-electron chi connectivity index (χ0n) is 17.6. The molecule has 2 N–H and O–H groups in total. The van der Waals surface area contributed by atoms with Gasteiger partial charge in [0.25, 0.3) is 0 Å². The molecule has 27 heavy (non-hydrogen) atoms. The van der Waals surface area contributed by atoms with Crippen LogP contribution in [0.3, 0.4) is 0 Å². The van der Waals surface area contributed by atoms with Gasteiger partial charge in [0.15, 0.2) is 0 Å². The average Bonchev–Trinajstić information content (AvgIpc) is 2.71. The molecule has 0 bridgehead atoms. The summed E-state index contributed by atoms with van der Waals surface area (Å²) in [5.41, 5.74) is 11.6. The average molecular weight is 399 g/mol. The number of aryl methyl sites for hydroxylation is 1. The number of hydrogen-bond donors (Lipinski definition) is 2. The van der Waals surface area contributed by atoms with Crippen LogP contribution in [0.15, 0.2) is 40.7 Å². The number of fused-ring (bicyclic) bond motifs is 2. The van der Waals surface area contributed by atoms with Crippen LogP contribution in [-0.4, -0.2) is 38.6 Å². The lowest BCUT2D eigenvalue weighted by Crippen LogP contribution is -2.26. The Morgan fingerprint density at radius 3 is 2.26 bits per heavy atom. The van der Waals surface area contributed by atoms with Crippen molar-refractivity contribution in [2.24, 2.45) is 0 Å². The Kier molecular flexibility index (Phi) is 5.56.